The minimum Gasteiger partial charge on any atom is -0.378 e. The molecular formula is C15H11BrF2N2. The van der Waals surface area contributed by atoms with Gasteiger partial charge in [0.1, 0.15) is 17.7 Å². The SMILES string of the molecule is CC(Nc1ccc(F)c(C#N)c1)c1cc(Br)ccc1F. The molecule has 2 nitrogen and oxygen atoms in total. The van der Waals surface area contributed by atoms with Gasteiger partial charge in [-0.1, -0.05) is 15.9 Å². The van der Waals surface area contributed by atoms with E-state index in [1.165, 1.54) is 24.3 Å². The van der Waals surface area contributed by atoms with Crippen LogP contribution in [0.1, 0.15) is 24.1 Å². The van der Waals surface area contributed by atoms with Crippen LogP contribution in [0.5, 0.6) is 0 Å². The molecule has 20 heavy (non-hydrogen) atoms. The number of hydrogen-bond donors (Lipinski definition) is 1. The van der Waals surface area contributed by atoms with Crippen molar-refractivity contribution in [3.63, 3.8) is 0 Å². The molecule has 0 saturated carbocycles. The summed E-state index contributed by atoms with van der Waals surface area (Å²) >= 11 is 3.30. The van der Waals surface area contributed by atoms with Crippen molar-refractivity contribution in [2.45, 2.75) is 13.0 Å². The highest BCUT2D eigenvalue weighted by molar-refractivity contribution is 9.10. The highest BCUT2D eigenvalue weighted by Gasteiger charge is 2.12. The lowest BCUT2D eigenvalue weighted by Crippen LogP contribution is -2.09. The molecule has 0 aliphatic rings. The Hall–Kier alpha value is -1.93. The minimum atomic E-state index is -0.570. The fourth-order valence-electron chi connectivity index (χ4n) is 1.87. The molecule has 0 saturated heterocycles. The first-order valence-corrected chi connectivity index (χ1v) is 6.71. The Balaban J connectivity index is 2.26. The number of nitrogens with zero attached hydrogens (tertiary/aromatic N) is 1. The van der Waals surface area contributed by atoms with Gasteiger partial charge in [-0.05, 0) is 43.3 Å². The van der Waals surface area contributed by atoms with Crippen LogP contribution in [0.2, 0.25) is 0 Å². The summed E-state index contributed by atoms with van der Waals surface area (Å²) in [4.78, 5) is 0. The number of halogens is 3. The monoisotopic (exact) mass is 336 g/mol. The molecule has 0 spiro atoms. The first kappa shape index (κ1) is 14.5. The first-order chi connectivity index (χ1) is 9.51. The summed E-state index contributed by atoms with van der Waals surface area (Å²) in [6.07, 6.45) is 0. The van der Waals surface area contributed by atoms with Gasteiger partial charge in [-0.2, -0.15) is 5.26 Å². The lowest BCUT2D eigenvalue weighted by molar-refractivity contribution is 0.599. The van der Waals surface area contributed by atoms with Crippen molar-refractivity contribution >= 4 is 21.6 Å². The summed E-state index contributed by atoms with van der Waals surface area (Å²) in [5, 5.41) is 11.8. The van der Waals surface area contributed by atoms with Crippen LogP contribution in [0.3, 0.4) is 0 Å². The van der Waals surface area contributed by atoms with Crippen molar-refractivity contribution in [1.82, 2.24) is 0 Å². The lowest BCUT2D eigenvalue weighted by atomic mass is 10.1. The van der Waals surface area contributed by atoms with Crippen LogP contribution in [-0.4, -0.2) is 0 Å². The van der Waals surface area contributed by atoms with Crippen molar-refractivity contribution in [3.8, 4) is 6.07 Å². The molecule has 0 fully saturated rings. The molecule has 1 atom stereocenters. The molecular weight excluding hydrogens is 326 g/mol. The number of anilines is 1. The normalized spacial score (nSPS) is 11.8. The molecule has 0 aliphatic heterocycles. The maximum atomic E-state index is 13.8. The standard InChI is InChI=1S/C15H11BrF2N2/c1-9(13-7-11(16)2-4-15(13)18)20-12-3-5-14(17)10(6-12)8-19/h2-7,9,20H,1H3. The van der Waals surface area contributed by atoms with E-state index in [-0.39, 0.29) is 17.4 Å². The molecule has 1 N–H and O–H groups in total. The van der Waals surface area contributed by atoms with Crippen LogP contribution in [0.4, 0.5) is 14.5 Å². The van der Waals surface area contributed by atoms with Crippen molar-refractivity contribution < 1.29 is 8.78 Å². The van der Waals surface area contributed by atoms with Crippen LogP contribution in [0.15, 0.2) is 40.9 Å². The summed E-state index contributed by atoms with van der Waals surface area (Å²) in [6.45, 7) is 1.79. The maximum Gasteiger partial charge on any atom is 0.141 e. The average molecular weight is 337 g/mol. The molecule has 0 aliphatic carbocycles. The van der Waals surface area contributed by atoms with E-state index >= 15 is 0 Å². The van der Waals surface area contributed by atoms with Gasteiger partial charge in [0, 0.05) is 15.7 Å². The summed E-state index contributed by atoms with van der Waals surface area (Å²) in [5.74, 6) is -0.893. The Morgan fingerprint density at radius 1 is 1.15 bits per heavy atom. The summed E-state index contributed by atoms with van der Waals surface area (Å²) < 4.78 is 27.8. The third kappa shape index (κ3) is 3.14. The van der Waals surface area contributed by atoms with Gasteiger partial charge in [-0.3, -0.25) is 0 Å². The predicted octanol–water partition coefficient (Wildman–Crippen LogP) is 4.77. The molecule has 1 unspecified atom stereocenters. The van der Waals surface area contributed by atoms with Crippen LogP contribution >= 0.6 is 15.9 Å². The van der Waals surface area contributed by atoms with Gasteiger partial charge in [-0.25, -0.2) is 8.78 Å². The van der Waals surface area contributed by atoms with Crippen molar-refractivity contribution in [2.24, 2.45) is 0 Å². The second-order valence-corrected chi connectivity index (χ2v) is 5.25. The molecule has 0 aromatic heterocycles. The van der Waals surface area contributed by atoms with Gasteiger partial charge >= 0.3 is 0 Å². The Morgan fingerprint density at radius 3 is 2.55 bits per heavy atom. The molecule has 5 heteroatoms. The molecule has 0 bridgehead atoms. The number of rotatable bonds is 3. The third-order valence-corrected chi connectivity index (χ3v) is 3.39. The molecule has 2 aromatic carbocycles. The lowest BCUT2D eigenvalue weighted by Gasteiger charge is -2.17. The fourth-order valence-corrected chi connectivity index (χ4v) is 2.25. The van der Waals surface area contributed by atoms with Crippen molar-refractivity contribution in [2.75, 3.05) is 5.32 Å². The zero-order valence-electron chi connectivity index (χ0n) is 10.6. The summed E-state index contributed by atoms with van der Waals surface area (Å²) in [6, 6.07) is 10.3. The van der Waals surface area contributed by atoms with Crippen LogP contribution < -0.4 is 5.32 Å². The van der Waals surface area contributed by atoms with Crippen LogP contribution in [0, 0.1) is 23.0 Å². The number of nitriles is 1. The highest BCUT2D eigenvalue weighted by atomic mass is 79.9. The molecule has 2 aromatic rings. The summed E-state index contributed by atoms with van der Waals surface area (Å²) in [5.41, 5.74) is 1.01. The predicted molar refractivity (Wildman–Crippen MR) is 77.3 cm³/mol. The van der Waals surface area contributed by atoms with Crippen molar-refractivity contribution in [3.05, 3.63) is 63.6 Å². The molecule has 0 amide bonds. The van der Waals surface area contributed by atoms with E-state index in [0.717, 1.165) is 4.47 Å². The minimum absolute atomic E-state index is 0.0445. The molecule has 0 heterocycles. The maximum absolute atomic E-state index is 13.8. The zero-order valence-corrected chi connectivity index (χ0v) is 12.2. The molecule has 2 rings (SSSR count). The Morgan fingerprint density at radius 2 is 1.85 bits per heavy atom. The number of hydrogen-bond acceptors (Lipinski definition) is 2. The van der Waals surface area contributed by atoms with Gasteiger partial charge in [-0.15, -0.1) is 0 Å². The smallest absolute Gasteiger partial charge is 0.141 e. The topological polar surface area (TPSA) is 35.8 Å². The van der Waals surface area contributed by atoms with Gasteiger partial charge in [0.25, 0.3) is 0 Å². The van der Waals surface area contributed by atoms with Gasteiger partial charge in [0.15, 0.2) is 0 Å². The Kier molecular flexibility index (Phi) is 4.35. The van der Waals surface area contributed by atoms with E-state index in [4.69, 9.17) is 5.26 Å². The zero-order chi connectivity index (χ0) is 14.7. The Labute approximate surface area is 124 Å². The molecule has 0 radical (unpaired) electrons. The third-order valence-electron chi connectivity index (χ3n) is 2.89. The first-order valence-electron chi connectivity index (χ1n) is 5.92. The average Bonchev–Trinajstić information content (AvgIpc) is 2.43. The van der Waals surface area contributed by atoms with E-state index in [2.05, 4.69) is 21.2 Å². The summed E-state index contributed by atoms with van der Waals surface area (Å²) in [7, 11) is 0. The quantitative estimate of drug-likeness (QED) is 0.876. The van der Waals surface area contributed by atoms with Crippen LogP contribution in [0.25, 0.3) is 0 Å². The highest BCUT2D eigenvalue weighted by Crippen LogP contribution is 2.25. The molecule has 102 valence electrons. The second kappa shape index (κ2) is 6.02. The largest absolute Gasteiger partial charge is 0.378 e. The van der Waals surface area contributed by atoms with E-state index in [9.17, 15) is 8.78 Å². The number of nitrogens with one attached hydrogen (secondary N) is 1. The van der Waals surface area contributed by atoms with E-state index in [1.807, 2.05) is 0 Å². The van der Waals surface area contributed by atoms with Crippen LogP contribution in [-0.2, 0) is 0 Å². The Bertz CT molecular complexity index is 680. The van der Waals surface area contributed by atoms with Gasteiger partial charge < -0.3 is 5.32 Å². The van der Waals surface area contributed by atoms with E-state index < -0.39 is 5.82 Å². The second-order valence-electron chi connectivity index (χ2n) is 4.34. The van der Waals surface area contributed by atoms with E-state index in [0.29, 0.717) is 11.3 Å². The fraction of sp³-hybridized carbons (Fsp3) is 0.133. The number of benzene rings is 2. The van der Waals surface area contributed by atoms with Crippen molar-refractivity contribution in [1.29, 1.82) is 5.26 Å². The van der Waals surface area contributed by atoms with Gasteiger partial charge in [0.05, 0.1) is 11.6 Å². The van der Waals surface area contributed by atoms with E-state index in [1.54, 1.807) is 25.1 Å². The van der Waals surface area contributed by atoms with Gasteiger partial charge in [0.2, 0.25) is 0 Å².